The van der Waals surface area contributed by atoms with Gasteiger partial charge in [-0.25, -0.2) is 4.98 Å². The normalized spacial score (nSPS) is 18.2. The maximum absolute atomic E-state index is 12.6. The molecular weight excluding hydrogens is 314 g/mol. The molecule has 1 amide bonds. The molecule has 1 saturated heterocycles. The zero-order chi connectivity index (χ0) is 16.2. The molecule has 0 bridgehead atoms. The molecule has 0 saturated carbocycles. The van der Waals surface area contributed by atoms with Crippen LogP contribution in [0.1, 0.15) is 35.2 Å². The van der Waals surface area contributed by atoms with Crippen molar-refractivity contribution < 1.29 is 9.53 Å². The molecule has 0 aliphatic carbocycles. The molecule has 1 fully saturated rings. The molecule has 0 spiro atoms. The average Bonchev–Trinajstić information content (AvgIpc) is 3.24. The van der Waals surface area contributed by atoms with Crippen molar-refractivity contribution in [3.63, 3.8) is 0 Å². The molecule has 1 atom stereocenters. The fourth-order valence-corrected chi connectivity index (χ4v) is 3.37. The van der Waals surface area contributed by atoms with Crippen molar-refractivity contribution >= 4 is 22.4 Å². The molecule has 2 aromatic rings. The number of aromatic nitrogens is 3. The van der Waals surface area contributed by atoms with Crippen molar-refractivity contribution in [2.45, 2.75) is 26.5 Å². The van der Waals surface area contributed by atoms with Crippen molar-refractivity contribution in [2.75, 3.05) is 31.6 Å². The van der Waals surface area contributed by atoms with E-state index in [0.717, 1.165) is 23.8 Å². The minimum Gasteiger partial charge on any atom is -0.370 e. The molecular formula is C15H21N5O2S. The third-order valence-corrected chi connectivity index (χ3v) is 4.69. The third-order valence-electron chi connectivity index (χ3n) is 3.75. The monoisotopic (exact) mass is 335 g/mol. The van der Waals surface area contributed by atoms with Crippen molar-refractivity contribution in [1.82, 2.24) is 19.7 Å². The highest BCUT2D eigenvalue weighted by atomic mass is 32.1. The summed E-state index contributed by atoms with van der Waals surface area (Å²) in [6.07, 6.45) is 5.33. The topological polar surface area (TPSA) is 72.3 Å². The lowest BCUT2D eigenvalue weighted by Gasteiger charge is -2.32. The lowest BCUT2D eigenvalue weighted by molar-refractivity contribution is -0.0227. The molecule has 1 aliphatic heterocycles. The molecule has 2 aromatic heterocycles. The van der Waals surface area contributed by atoms with Gasteiger partial charge < -0.3 is 15.0 Å². The summed E-state index contributed by atoms with van der Waals surface area (Å²) in [6, 6.07) is 0. The number of nitrogens with one attached hydrogen (secondary N) is 1. The minimum atomic E-state index is -0.117. The fraction of sp³-hybridized carbons (Fsp3) is 0.533. The van der Waals surface area contributed by atoms with Gasteiger partial charge in [0.05, 0.1) is 25.5 Å². The van der Waals surface area contributed by atoms with Gasteiger partial charge in [-0.3, -0.25) is 9.48 Å². The number of rotatable bonds is 5. The van der Waals surface area contributed by atoms with Gasteiger partial charge in [-0.1, -0.05) is 11.3 Å². The molecule has 8 heteroatoms. The van der Waals surface area contributed by atoms with E-state index < -0.39 is 0 Å². The van der Waals surface area contributed by atoms with Crippen LogP contribution in [0.15, 0.2) is 18.6 Å². The van der Waals surface area contributed by atoms with Gasteiger partial charge in [0.2, 0.25) is 0 Å². The first kappa shape index (κ1) is 15.9. The zero-order valence-electron chi connectivity index (χ0n) is 13.4. The Morgan fingerprint density at radius 3 is 3.09 bits per heavy atom. The summed E-state index contributed by atoms with van der Waals surface area (Å²) < 4.78 is 7.68. The quantitative estimate of drug-likeness (QED) is 0.905. The number of hydrogen-bond acceptors (Lipinski definition) is 6. The summed E-state index contributed by atoms with van der Waals surface area (Å²) in [5.74, 6) is 0.0165. The number of anilines is 1. The van der Waals surface area contributed by atoms with E-state index >= 15 is 0 Å². The van der Waals surface area contributed by atoms with Gasteiger partial charge >= 0.3 is 0 Å². The molecule has 1 N–H and O–H groups in total. The van der Waals surface area contributed by atoms with E-state index in [2.05, 4.69) is 15.4 Å². The molecule has 0 aromatic carbocycles. The highest BCUT2D eigenvalue weighted by molar-refractivity contribution is 7.17. The lowest BCUT2D eigenvalue weighted by Crippen LogP contribution is -2.41. The standard InChI is InChI=1S/C15H21N5O2S/c1-3-16-15-17-8-13(23-15)14(21)19-5-6-22-12(10-19)11-7-18-20(4-2)9-11/h7-9,12H,3-6,10H2,1-2H3,(H,16,17)/t12-/m0/s1. The number of carbonyl (C=O) groups excluding carboxylic acids is 1. The van der Waals surface area contributed by atoms with E-state index in [1.54, 1.807) is 6.20 Å². The summed E-state index contributed by atoms with van der Waals surface area (Å²) in [7, 11) is 0. The Kier molecular flexibility index (Phi) is 4.92. The van der Waals surface area contributed by atoms with Crippen LogP contribution in [-0.4, -0.2) is 51.8 Å². The van der Waals surface area contributed by atoms with Gasteiger partial charge in [-0.05, 0) is 13.8 Å². The fourth-order valence-electron chi connectivity index (χ4n) is 2.52. The molecule has 124 valence electrons. The number of thiazole rings is 1. The molecule has 0 unspecified atom stereocenters. The van der Waals surface area contributed by atoms with Gasteiger partial charge in [-0.2, -0.15) is 5.10 Å². The van der Waals surface area contributed by atoms with Crippen LogP contribution in [0.3, 0.4) is 0 Å². The highest BCUT2D eigenvalue weighted by Crippen LogP contribution is 2.25. The van der Waals surface area contributed by atoms with Crippen LogP contribution in [-0.2, 0) is 11.3 Å². The van der Waals surface area contributed by atoms with Crippen LogP contribution >= 0.6 is 11.3 Å². The van der Waals surface area contributed by atoms with Crippen LogP contribution in [0.25, 0.3) is 0 Å². The van der Waals surface area contributed by atoms with E-state index in [4.69, 9.17) is 4.74 Å². The van der Waals surface area contributed by atoms with Crippen molar-refractivity contribution in [3.05, 3.63) is 29.0 Å². The second kappa shape index (κ2) is 7.10. The molecule has 3 rings (SSSR count). The van der Waals surface area contributed by atoms with E-state index in [1.165, 1.54) is 11.3 Å². The lowest BCUT2D eigenvalue weighted by atomic mass is 10.1. The smallest absolute Gasteiger partial charge is 0.265 e. The average molecular weight is 335 g/mol. The first-order valence-corrected chi connectivity index (χ1v) is 8.65. The van der Waals surface area contributed by atoms with Gasteiger partial charge in [0.25, 0.3) is 5.91 Å². The van der Waals surface area contributed by atoms with E-state index in [-0.39, 0.29) is 12.0 Å². The van der Waals surface area contributed by atoms with Crippen LogP contribution in [0.4, 0.5) is 5.13 Å². The van der Waals surface area contributed by atoms with Gasteiger partial charge in [0.15, 0.2) is 5.13 Å². The minimum absolute atomic E-state index is 0.0165. The second-order valence-corrected chi connectivity index (χ2v) is 6.33. The van der Waals surface area contributed by atoms with Crippen LogP contribution in [0.5, 0.6) is 0 Å². The maximum atomic E-state index is 12.6. The zero-order valence-corrected chi connectivity index (χ0v) is 14.2. The van der Waals surface area contributed by atoms with E-state index in [1.807, 2.05) is 35.8 Å². The summed E-state index contributed by atoms with van der Waals surface area (Å²) in [5, 5.41) is 8.19. The number of carbonyl (C=O) groups is 1. The molecule has 1 aliphatic rings. The Labute approximate surface area is 139 Å². The predicted octanol–water partition coefficient (Wildman–Crippen LogP) is 2.00. The number of hydrogen-bond donors (Lipinski definition) is 1. The summed E-state index contributed by atoms with van der Waals surface area (Å²) in [4.78, 5) is 19.4. The first-order valence-electron chi connectivity index (χ1n) is 7.84. The molecule has 23 heavy (non-hydrogen) atoms. The van der Waals surface area contributed by atoms with Gasteiger partial charge in [0.1, 0.15) is 11.0 Å². The number of nitrogens with zero attached hydrogens (tertiary/aromatic N) is 4. The highest BCUT2D eigenvalue weighted by Gasteiger charge is 2.28. The SMILES string of the molecule is CCNc1ncc(C(=O)N2CCO[C@H](c3cnn(CC)c3)C2)s1. The number of aryl methyl sites for hydroxylation is 1. The maximum Gasteiger partial charge on any atom is 0.265 e. The second-order valence-electron chi connectivity index (χ2n) is 5.30. The molecule has 7 nitrogen and oxygen atoms in total. The summed E-state index contributed by atoms with van der Waals surface area (Å²) >= 11 is 1.39. The molecule has 3 heterocycles. The van der Waals surface area contributed by atoms with Gasteiger partial charge in [0, 0.05) is 31.4 Å². The Balaban J connectivity index is 1.68. The third kappa shape index (κ3) is 3.53. The first-order chi connectivity index (χ1) is 11.2. The van der Waals surface area contributed by atoms with Crippen LogP contribution in [0.2, 0.25) is 0 Å². The van der Waals surface area contributed by atoms with E-state index in [0.29, 0.717) is 24.6 Å². The largest absolute Gasteiger partial charge is 0.370 e. The van der Waals surface area contributed by atoms with Crippen molar-refractivity contribution in [2.24, 2.45) is 0 Å². The van der Waals surface area contributed by atoms with Gasteiger partial charge in [-0.15, -0.1) is 0 Å². The van der Waals surface area contributed by atoms with Crippen LogP contribution in [0, 0.1) is 0 Å². The summed E-state index contributed by atoms with van der Waals surface area (Å²) in [5.41, 5.74) is 1.02. The Morgan fingerprint density at radius 1 is 1.48 bits per heavy atom. The number of ether oxygens (including phenoxy) is 1. The Hall–Kier alpha value is -1.93. The van der Waals surface area contributed by atoms with E-state index in [9.17, 15) is 4.79 Å². The number of amides is 1. The number of morpholine rings is 1. The molecule has 0 radical (unpaired) electrons. The summed E-state index contributed by atoms with van der Waals surface area (Å²) in [6.45, 7) is 7.35. The Morgan fingerprint density at radius 2 is 2.35 bits per heavy atom. The predicted molar refractivity (Wildman–Crippen MR) is 88.8 cm³/mol. The van der Waals surface area contributed by atoms with Crippen molar-refractivity contribution in [1.29, 1.82) is 0 Å². The van der Waals surface area contributed by atoms with Crippen LogP contribution < -0.4 is 5.32 Å². The Bertz CT molecular complexity index is 668. The van der Waals surface area contributed by atoms with Crippen molar-refractivity contribution in [3.8, 4) is 0 Å².